The number of carbonyl (C=O) groups is 2. The Morgan fingerprint density at radius 1 is 1.27 bits per heavy atom. The monoisotopic (exact) mass is 432 g/mol. The van der Waals surface area contributed by atoms with Crippen LogP contribution in [0.1, 0.15) is 31.4 Å². The number of furan rings is 1. The van der Waals surface area contributed by atoms with Gasteiger partial charge in [-0.25, -0.2) is 4.79 Å². The van der Waals surface area contributed by atoms with E-state index in [1.807, 2.05) is 12.1 Å². The highest BCUT2D eigenvalue weighted by Crippen LogP contribution is 2.37. The fourth-order valence-electron chi connectivity index (χ4n) is 4.28. The van der Waals surface area contributed by atoms with Crippen molar-refractivity contribution >= 4 is 11.9 Å². The van der Waals surface area contributed by atoms with Crippen LogP contribution in [-0.2, 0) is 20.9 Å². The number of methoxy groups -OCH3 is 1. The molecule has 0 bridgehead atoms. The lowest BCUT2D eigenvalue weighted by Gasteiger charge is -2.41. The number of carboxylic acids is 1. The number of ether oxygens (including phenoxy) is 1. The van der Waals surface area contributed by atoms with E-state index in [9.17, 15) is 18.0 Å². The van der Waals surface area contributed by atoms with E-state index in [-0.39, 0.29) is 6.10 Å². The first kappa shape index (κ1) is 22.6. The molecule has 1 N–H and O–H groups in total. The summed E-state index contributed by atoms with van der Waals surface area (Å²) in [6.45, 7) is 3.58. The van der Waals surface area contributed by atoms with Crippen LogP contribution in [-0.4, -0.2) is 71.8 Å². The average Bonchev–Trinajstić information content (AvgIpc) is 3.16. The SMILES string of the molecule is CO[C@@H]1CCN(C(=O)CC2CC2)[C@@H]2CN(Cc3ccco3)C[C@@H]21.O=C(O)C(F)(F)F. The zero-order valence-corrected chi connectivity index (χ0v) is 16.8. The van der Waals surface area contributed by atoms with Gasteiger partial charge < -0.3 is 19.2 Å². The second-order valence-electron chi connectivity index (χ2n) is 8.11. The molecule has 2 saturated heterocycles. The number of fused-ring (bicyclic) bond motifs is 1. The summed E-state index contributed by atoms with van der Waals surface area (Å²) in [5.41, 5.74) is 0. The highest BCUT2D eigenvalue weighted by molar-refractivity contribution is 5.77. The quantitative estimate of drug-likeness (QED) is 0.771. The molecule has 1 aliphatic carbocycles. The predicted octanol–water partition coefficient (Wildman–Crippen LogP) is 2.76. The summed E-state index contributed by atoms with van der Waals surface area (Å²) in [4.78, 5) is 26.1. The minimum absolute atomic E-state index is 0.270. The summed E-state index contributed by atoms with van der Waals surface area (Å²) >= 11 is 0. The highest BCUT2D eigenvalue weighted by atomic mass is 19.4. The van der Waals surface area contributed by atoms with E-state index >= 15 is 0 Å². The van der Waals surface area contributed by atoms with Crippen molar-refractivity contribution in [3.05, 3.63) is 24.2 Å². The van der Waals surface area contributed by atoms with Crippen LogP contribution >= 0.6 is 0 Å². The van der Waals surface area contributed by atoms with Gasteiger partial charge in [-0.3, -0.25) is 9.69 Å². The van der Waals surface area contributed by atoms with Gasteiger partial charge in [0.15, 0.2) is 0 Å². The third-order valence-electron chi connectivity index (χ3n) is 5.93. The van der Waals surface area contributed by atoms with Crippen LogP contribution in [0.25, 0.3) is 0 Å². The molecule has 4 rings (SSSR count). The van der Waals surface area contributed by atoms with E-state index in [0.717, 1.165) is 44.8 Å². The van der Waals surface area contributed by atoms with Crippen molar-refractivity contribution in [1.82, 2.24) is 9.80 Å². The number of halogens is 3. The molecule has 1 aromatic heterocycles. The molecule has 1 aromatic rings. The number of aliphatic carboxylic acids is 1. The number of hydrogen-bond donors (Lipinski definition) is 1. The summed E-state index contributed by atoms with van der Waals surface area (Å²) in [6, 6.07) is 4.25. The number of carbonyl (C=O) groups excluding carboxylic acids is 1. The van der Waals surface area contributed by atoms with E-state index in [2.05, 4.69) is 9.80 Å². The second kappa shape index (κ2) is 9.38. The Kier molecular flexibility index (Phi) is 7.07. The molecule has 30 heavy (non-hydrogen) atoms. The summed E-state index contributed by atoms with van der Waals surface area (Å²) in [7, 11) is 1.80. The molecule has 1 saturated carbocycles. The van der Waals surface area contributed by atoms with Gasteiger partial charge in [-0.1, -0.05) is 0 Å². The Bertz CT molecular complexity index is 721. The standard InChI is InChI=1S/C18H26N2O3.C2HF3O2/c1-22-17-6-7-20(18(21)9-13-4-5-13)16-12-19(11-15(16)17)10-14-3-2-8-23-14;3-2(4,5)1(6)7/h2-3,8,13,15-17H,4-7,9-12H2,1H3;(H,6,7)/t15-,16+,17+;/m0./s1. The van der Waals surface area contributed by atoms with Gasteiger partial charge in [-0.15, -0.1) is 0 Å². The van der Waals surface area contributed by atoms with E-state index in [4.69, 9.17) is 19.1 Å². The topological polar surface area (TPSA) is 83.2 Å². The number of amides is 1. The number of rotatable bonds is 5. The van der Waals surface area contributed by atoms with Gasteiger partial charge in [0.2, 0.25) is 5.91 Å². The zero-order chi connectivity index (χ0) is 21.9. The Balaban J connectivity index is 0.000000318. The lowest BCUT2D eigenvalue weighted by atomic mass is 9.88. The summed E-state index contributed by atoms with van der Waals surface area (Å²) in [5, 5.41) is 7.12. The molecule has 3 aliphatic rings. The molecule has 0 spiro atoms. The van der Waals surface area contributed by atoms with Crippen LogP contribution in [0.2, 0.25) is 0 Å². The van der Waals surface area contributed by atoms with Crippen LogP contribution in [0.15, 0.2) is 22.8 Å². The molecule has 3 atom stereocenters. The number of carboxylic acid groups (broad SMARTS) is 1. The molecule has 0 radical (unpaired) electrons. The second-order valence-corrected chi connectivity index (χ2v) is 8.11. The Labute approximate surface area is 172 Å². The Morgan fingerprint density at radius 3 is 2.50 bits per heavy atom. The lowest BCUT2D eigenvalue weighted by Crippen LogP contribution is -2.53. The van der Waals surface area contributed by atoms with Gasteiger partial charge in [0.25, 0.3) is 0 Å². The first-order valence-corrected chi connectivity index (χ1v) is 10.1. The van der Waals surface area contributed by atoms with Crippen molar-refractivity contribution in [2.24, 2.45) is 11.8 Å². The van der Waals surface area contributed by atoms with Crippen molar-refractivity contribution in [2.75, 3.05) is 26.7 Å². The number of hydrogen-bond acceptors (Lipinski definition) is 5. The normalized spacial score (nSPS) is 26.7. The van der Waals surface area contributed by atoms with Crippen molar-refractivity contribution in [2.45, 2.75) is 50.6 Å². The van der Waals surface area contributed by atoms with Crippen LogP contribution in [0, 0.1) is 11.8 Å². The third-order valence-corrected chi connectivity index (χ3v) is 5.93. The number of alkyl halides is 3. The minimum atomic E-state index is -5.08. The zero-order valence-electron chi connectivity index (χ0n) is 16.8. The number of piperidine rings is 1. The maximum absolute atomic E-state index is 12.7. The maximum Gasteiger partial charge on any atom is 0.490 e. The van der Waals surface area contributed by atoms with Crippen molar-refractivity contribution < 1.29 is 37.0 Å². The van der Waals surface area contributed by atoms with Crippen LogP contribution < -0.4 is 0 Å². The summed E-state index contributed by atoms with van der Waals surface area (Å²) < 4.78 is 42.9. The molecule has 7 nitrogen and oxygen atoms in total. The summed E-state index contributed by atoms with van der Waals surface area (Å²) in [6.07, 6.45) is 1.09. The van der Waals surface area contributed by atoms with Gasteiger partial charge in [-0.05, 0) is 37.3 Å². The smallest absolute Gasteiger partial charge is 0.475 e. The molecule has 3 heterocycles. The molecular weight excluding hydrogens is 405 g/mol. The van der Waals surface area contributed by atoms with E-state index in [1.54, 1.807) is 13.4 Å². The van der Waals surface area contributed by atoms with Crippen molar-refractivity contribution in [3.8, 4) is 0 Å². The fraction of sp³-hybridized carbons (Fsp3) is 0.700. The largest absolute Gasteiger partial charge is 0.490 e. The van der Waals surface area contributed by atoms with Crippen molar-refractivity contribution in [3.63, 3.8) is 0 Å². The van der Waals surface area contributed by atoms with Crippen LogP contribution in [0.3, 0.4) is 0 Å². The van der Waals surface area contributed by atoms with E-state index in [1.165, 1.54) is 12.8 Å². The molecule has 3 fully saturated rings. The fourth-order valence-corrected chi connectivity index (χ4v) is 4.28. The van der Waals surface area contributed by atoms with Gasteiger partial charge in [0.05, 0.1) is 25.0 Å². The maximum atomic E-state index is 12.7. The Hall–Kier alpha value is -2.07. The van der Waals surface area contributed by atoms with Gasteiger partial charge in [-0.2, -0.15) is 13.2 Å². The predicted molar refractivity (Wildman–Crippen MR) is 99.4 cm³/mol. The number of likely N-dealkylation sites (tertiary alicyclic amines) is 2. The summed E-state index contributed by atoms with van der Waals surface area (Å²) in [5.74, 6) is -0.327. The first-order chi connectivity index (χ1) is 14.2. The Morgan fingerprint density at radius 2 is 1.97 bits per heavy atom. The molecule has 0 aromatic carbocycles. The van der Waals surface area contributed by atoms with Crippen molar-refractivity contribution in [1.29, 1.82) is 0 Å². The lowest BCUT2D eigenvalue weighted by molar-refractivity contribution is -0.192. The highest BCUT2D eigenvalue weighted by Gasteiger charge is 2.46. The molecule has 1 amide bonds. The van der Waals surface area contributed by atoms with Gasteiger partial charge in [0, 0.05) is 39.1 Å². The van der Waals surface area contributed by atoms with E-state index in [0.29, 0.717) is 23.8 Å². The third kappa shape index (κ3) is 5.75. The molecule has 0 unspecified atom stereocenters. The molecule has 168 valence electrons. The average molecular weight is 432 g/mol. The van der Waals surface area contributed by atoms with Gasteiger partial charge in [0.1, 0.15) is 5.76 Å². The minimum Gasteiger partial charge on any atom is -0.475 e. The molecule has 10 heteroatoms. The van der Waals surface area contributed by atoms with E-state index < -0.39 is 12.1 Å². The van der Waals surface area contributed by atoms with Crippen LogP contribution in [0.4, 0.5) is 13.2 Å². The first-order valence-electron chi connectivity index (χ1n) is 10.1. The number of nitrogens with zero attached hydrogens (tertiary/aromatic N) is 2. The molecule has 2 aliphatic heterocycles. The van der Waals surface area contributed by atoms with Crippen LogP contribution in [0.5, 0.6) is 0 Å². The molecular formula is C20H27F3N2O5. The van der Waals surface area contributed by atoms with Gasteiger partial charge >= 0.3 is 12.1 Å².